The summed E-state index contributed by atoms with van der Waals surface area (Å²) in [7, 11) is 0. The normalized spacial score (nSPS) is 24.6. The van der Waals surface area contributed by atoms with Crippen molar-refractivity contribution in [3.63, 3.8) is 0 Å². The molecule has 0 spiro atoms. The van der Waals surface area contributed by atoms with Crippen LogP contribution in [-0.4, -0.2) is 23.0 Å². The molecular weight excluding hydrogens is 284 g/mol. The molecule has 1 atom stereocenters. The molecule has 0 saturated heterocycles. The molecule has 1 unspecified atom stereocenters. The zero-order valence-corrected chi connectivity index (χ0v) is 13.6. The summed E-state index contributed by atoms with van der Waals surface area (Å²) >= 11 is 1.37. The molecule has 1 heterocycles. The van der Waals surface area contributed by atoms with E-state index in [4.69, 9.17) is 5.73 Å². The Morgan fingerprint density at radius 2 is 2.10 bits per heavy atom. The van der Waals surface area contributed by atoms with Crippen molar-refractivity contribution >= 4 is 28.2 Å². The lowest BCUT2D eigenvalue weighted by molar-refractivity contribution is 0.0858. The lowest BCUT2D eigenvalue weighted by Gasteiger charge is -2.38. The predicted octanol–water partition coefficient (Wildman–Crippen LogP) is 3.00. The van der Waals surface area contributed by atoms with E-state index in [1.807, 2.05) is 0 Å². The topological polar surface area (TPSA) is 80.0 Å². The summed E-state index contributed by atoms with van der Waals surface area (Å²) in [6.07, 6.45) is 6.99. The van der Waals surface area contributed by atoms with Crippen LogP contribution in [0.1, 0.15) is 62.0 Å². The molecule has 21 heavy (non-hydrogen) atoms. The number of nitrogens with one attached hydrogen (secondary N) is 2. The molecule has 1 aromatic rings. The van der Waals surface area contributed by atoms with Gasteiger partial charge in [0, 0.05) is 12.1 Å². The number of aromatic nitrogens is 1. The van der Waals surface area contributed by atoms with Gasteiger partial charge in [-0.15, -0.1) is 0 Å². The first kappa shape index (κ1) is 14.6. The van der Waals surface area contributed by atoms with Crippen LogP contribution in [0.2, 0.25) is 0 Å². The number of anilines is 2. The zero-order valence-electron chi connectivity index (χ0n) is 12.7. The molecule has 2 saturated carbocycles. The highest BCUT2D eigenvalue weighted by molar-refractivity contribution is 7.18. The molecule has 0 aliphatic heterocycles. The van der Waals surface area contributed by atoms with Crippen molar-refractivity contribution in [3.05, 3.63) is 4.88 Å². The fraction of sp³-hybridized carbons (Fsp3) is 0.733. The third kappa shape index (κ3) is 3.31. The number of carbonyl (C=O) groups excluding carboxylic acids is 1. The monoisotopic (exact) mass is 308 g/mol. The molecule has 1 amide bonds. The highest BCUT2D eigenvalue weighted by Crippen LogP contribution is 2.36. The third-order valence-corrected chi connectivity index (χ3v) is 5.58. The summed E-state index contributed by atoms with van der Waals surface area (Å²) in [6, 6.07) is 0.740. The van der Waals surface area contributed by atoms with Crippen molar-refractivity contribution in [2.45, 2.75) is 64.5 Å². The van der Waals surface area contributed by atoms with E-state index in [0.717, 1.165) is 18.0 Å². The molecule has 0 bridgehead atoms. The van der Waals surface area contributed by atoms with E-state index in [2.05, 4.69) is 29.5 Å². The number of nitrogens with zero attached hydrogens (tertiary/aromatic N) is 1. The highest BCUT2D eigenvalue weighted by atomic mass is 32.1. The van der Waals surface area contributed by atoms with Crippen LogP contribution in [0.4, 0.5) is 10.9 Å². The second-order valence-corrected chi connectivity index (χ2v) is 7.91. The number of rotatable bonds is 4. The Morgan fingerprint density at radius 3 is 2.76 bits per heavy atom. The number of hydrogen-bond acceptors (Lipinski definition) is 5. The molecule has 4 N–H and O–H groups in total. The Balaban J connectivity index is 1.68. The first-order chi connectivity index (χ1) is 9.95. The van der Waals surface area contributed by atoms with Gasteiger partial charge >= 0.3 is 0 Å². The minimum atomic E-state index is -0.0752. The Hall–Kier alpha value is -1.30. The molecule has 2 aliphatic rings. The van der Waals surface area contributed by atoms with E-state index >= 15 is 0 Å². The number of thiazole rings is 1. The first-order valence-corrected chi connectivity index (χ1v) is 8.61. The van der Waals surface area contributed by atoms with Gasteiger partial charge in [0.25, 0.3) is 5.91 Å². The Labute approximate surface area is 129 Å². The fourth-order valence-electron chi connectivity index (χ4n) is 2.94. The van der Waals surface area contributed by atoms with Gasteiger partial charge < -0.3 is 16.4 Å². The summed E-state index contributed by atoms with van der Waals surface area (Å²) in [4.78, 5) is 17.3. The van der Waals surface area contributed by atoms with Crippen LogP contribution in [0.25, 0.3) is 0 Å². The van der Waals surface area contributed by atoms with Crippen molar-refractivity contribution < 1.29 is 4.79 Å². The van der Waals surface area contributed by atoms with E-state index in [1.165, 1.54) is 37.0 Å². The van der Waals surface area contributed by atoms with Gasteiger partial charge in [0.1, 0.15) is 10.7 Å². The van der Waals surface area contributed by atoms with Gasteiger partial charge in [0.05, 0.1) is 0 Å². The SMILES string of the molecule is CC1(C)CCCCC1NC(=O)c1sc(NC2CC2)nc1N. The van der Waals surface area contributed by atoms with Crippen LogP contribution in [-0.2, 0) is 0 Å². The number of carbonyl (C=O) groups is 1. The summed E-state index contributed by atoms with van der Waals surface area (Å²) in [6.45, 7) is 4.46. The number of nitrogens with two attached hydrogens (primary N) is 1. The summed E-state index contributed by atoms with van der Waals surface area (Å²) < 4.78 is 0. The van der Waals surface area contributed by atoms with Crippen LogP contribution >= 0.6 is 11.3 Å². The molecule has 0 aromatic carbocycles. The van der Waals surface area contributed by atoms with Crippen LogP contribution in [0.5, 0.6) is 0 Å². The maximum atomic E-state index is 12.5. The van der Waals surface area contributed by atoms with Crippen molar-refractivity contribution in [2.75, 3.05) is 11.1 Å². The summed E-state index contributed by atoms with van der Waals surface area (Å²) in [5.74, 6) is 0.267. The van der Waals surface area contributed by atoms with Gasteiger partial charge in [-0.3, -0.25) is 4.79 Å². The Bertz CT molecular complexity index is 536. The molecule has 2 fully saturated rings. The largest absolute Gasteiger partial charge is 0.382 e. The first-order valence-electron chi connectivity index (χ1n) is 7.79. The molecule has 2 aliphatic carbocycles. The average Bonchev–Trinajstić information content (AvgIpc) is 3.14. The third-order valence-electron chi connectivity index (χ3n) is 4.58. The molecule has 6 heteroatoms. The summed E-state index contributed by atoms with van der Waals surface area (Å²) in [5, 5.41) is 7.24. The van der Waals surface area contributed by atoms with Crippen LogP contribution < -0.4 is 16.4 Å². The van der Waals surface area contributed by atoms with E-state index < -0.39 is 0 Å². The van der Waals surface area contributed by atoms with Gasteiger partial charge in [-0.2, -0.15) is 0 Å². The smallest absolute Gasteiger partial charge is 0.265 e. The lowest BCUT2D eigenvalue weighted by Crippen LogP contribution is -2.46. The van der Waals surface area contributed by atoms with Crippen LogP contribution in [0.15, 0.2) is 0 Å². The minimum absolute atomic E-state index is 0.0752. The van der Waals surface area contributed by atoms with Gasteiger partial charge in [-0.25, -0.2) is 4.98 Å². The van der Waals surface area contributed by atoms with E-state index in [9.17, 15) is 4.79 Å². The molecule has 0 radical (unpaired) electrons. The van der Waals surface area contributed by atoms with E-state index in [-0.39, 0.29) is 17.4 Å². The maximum Gasteiger partial charge on any atom is 0.265 e. The van der Waals surface area contributed by atoms with Gasteiger partial charge in [0.15, 0.2) is 5.13 Å². The Kier molecular flexibility index (Phi) is 3.82. The molecule has 116 valence electrons. The lowest BCUT2D eigenvalue weighted by atomic mass is 9.73. The number of nitrogen functional groups attached to an aromatic ring is 1. The zero-order chi connectivity index (χ0) is 15.0. The highest BCUT2D eigenvalue weighted by Gasteiger charge is 2.34. The predicted molar refractivity (Wildman–Crippen MR) is 86.7 cm³/mol. The van der Waals surface area contributed by atoms with Gasteiger partial charge in [-0.1, -0.05) is 38.0 Å². The fourth-order valence-corrected chi connectivity index (χ4v) is 3.81. The number of amides is 1. The van der Waals surface area contributed by atoms with Crippen molar-refractivity contribution in [1.29, 1.82) is 0 Å². The molecule has 3 rings (SSSR count). The average molecular weight is 308 g/mol. The minimum Gasteiger partial charge on any atom is -0.382 e. The number of hydrogen-bond donors (Lipinski definition) is 3. The van der Waals surface area contributed by atoms with Crippen LogP contribution in [0.3, 0.4) is 0 Å². The quantitative estimate of drug-likeness (QED) is 0.799. The second kappa shape index (κ2) is 5.48. The van der Waals surface area contributed by atoms with E-state index in [0.29, 0.717) is 16.7 Å². The maximum absolute atomic E-state index is 12.5. The molecule has 1 aromatic heterocycles. The summed E-state index contributed by atoms with van der Waals surface area (Å²) in [5.41, 5.74) is 6.06. The van der Waals surface area contributed by atoms with Crippen molar-refractivity contribution in [2.24, 2.45) is 5.41 Å². The van der Waals surface area contributed by atoms with Gasteiger partial charge in [-0.05, 0) is 31.1 Å². The molecular formula is C15H24N4OS. The van der Waals surface area contributed by atoms with Crippen molar-refractivity contribution in [3.8, 4) is 0 Å². The van der Waals surface area contributed by atoms with Crippen LogP contribution in [0, 0.1) is 5.41 Å². The standard InChI is InChI=1S/C15H24N4OS/c1-15(2)8-4-3-5-10(15)18-13(20)11-12(16)19-14(21-11)17-9-6-7-9/h9-10H,3-8,16H2,1-2H3,(H,17,19)(H,18,20). The van der Waals surface area contributed by atoms with Crippen molar-refractivity contribution in [1.82, 2.24) is 10.3 Å². The van der Waals surface area contributed by atoms with E-state index in [1.54, 1.807) is 0 Å². The van der Waals surface area contributed by atoms with Gasteiger partial charge in [0.2, 0.25) is 0 Å². The second-order valence-electron chi connectivity index (χ2n) is 6.91. The molecule has 5 nitrogen and oxygen atoms in total. The Morgan fingerprint density at radius 1 is 1.33 bits per heavy atom.